The van der Waals surface area contributed by atoms with Crippen LogP contribution in [-0.4, -0.2) is 31.7 Å². The molecule has 0 saturated carbocycles. The van der Waals surface area contributed by atoms with Crippen molar-refractivity contribution >= 4 is 48.9 Å². The number of nitrogens with zero attached hydrogens (tertiary/aromatic N) is 2. The monoisotopic (exact) mass is 461 g/mol. The SMILES string of the molecule is CCn1c(=O)sc2cc(NC(=O)CCCN(c3ccc(C)c(C)c3)S(C)(=O)=O)ccc21. The maximum atomic E-state index is 12.4. The van der Waals surface area contributed by atoms with E-state index >= 15 is 0 Å². The number of benzene rings is 2. The van der Waals surface area contributed by atoms with Gasteiger partial charge in [0.05, 0.1) is 22.2 Å². The molecule has 1 amide bonds. The zero-order valence-electron chi connectivity index (χ0n) is 18.1. The Morgan fingerprint density at radius 3 is 2.52 bits per heavy atom. The lowest BCUT2D eigenvalue weighted by atomic mass is 10.1. The van der Waals surface area contributed by atoms with Crippen molar-refractivity contribution in [3.63, 3.8) is 0 Å². The molecule has 0 fully saturated rings. The van der Waals surface area contributed by atoms with E-state index in [0.717, 1.165) is 32.7 Å². The molecule has 0 saturated heterocycles. The highest BCUT2D eigenvalue weighted by Gasteiger charge is 2.18. The van der Waals surface area contributed by atoms with Gasteiger partial charge in [-0.2, -0.15) is 0 Å². The molecule has 0 aliphatic carbocycles. The predicted octanol–water partition coefficient (Wildman–Crippen LogP) is 3.88. The molecule has 0 aliphatic heterocycles. The number of aromatic nitrogens is 1. The fourth-order valence-electron chi connectivity index (χ4n) is 3.42. The van der Waals surface area contributed by atoms with Crippen molar-refractivity contribution in [1.29, 1.82) is 0 Å². The Morgan fingerprint density at radius 2 is 1.87 bits per heavy atom. The lowest BCUT2D eigenvalue weighted by Crippen LogP contribution is -2.31. The largest absolute Gasteiger partial charge is 0.326 e. The highest BCUT2D eigenvalue weighted by molar-refractivity contribution is 7.92. The van der Waals surface area contributed by atoms with Crippen LogP contribution in [0, 0.1) is 13.8 Å². The van der Waals surface area contributed by atoms with Gasteiger partial charge >= 0.3 is 4.87 Å². The average Bonchev–Trinajstić information content (AvgIpc) is 3.00. The Morgan fingerprint density at radius 1 is 1.13 bits per heavy atom. The van der Waals surface area contributed by atoms with E-state index in [1.54, 1.807) is 22.8 Å². The molecule has 9 heteroatoms. The number of thiazole rings is 1. The van der Waals surface area contributed by atoms with Gasteiger partial charge in [-0.05, 0) is 68.7 Å². The summed E-state index contributed by atoms with van der Waals surface area (Å²) in [6.07, 6.45) is 1.74. The number of nitrogens with one attached hydrogen (secondary N) is 1. The van der Waals surface area contributed by atoms with E-state index < -0.39 is 10.0 Å². The molecule has 0 bridgehead atoms. The third kappa shape index (κ3) is 5.34. The first kappa shape index (κ1) is 23.0. The zero-order valence-corrected chi connectivity index (χ0v) is 19.8. The quantitative estimate of drug-likeness (QED) is 0.551. The smallest absolute Gasteiger partial charge is 0.308 e. The lowest BCUT2D eigenvalue weighted by Gasteiger charge is -2.23. The van der Waals surface area contributed by atoms with Gasteiger partial charge in [-0.25, -0.2) is 8.42 Å². The van der Waals surface area contributed by atoms with Gasteiger partial charge in [0.2, 0.25) is 15.9 Å². The molecule has 2 aromatic carbocycles. The van der Waals surface area contributed by atoms with E-state index in [1.165, 1.54) is 10.6 Å². The van der Waals surface area contributed by atoms with Crippen molar-refractivity contribution in [1.82, 2.24) is 4.57 Å². The van der Waals surface area contributed by atoms with Crippen LogP contribution < -0.4 is 14.5 Å². The fourth-order valence-corrected chi connectivity index (χ4v) is 5.37. The normalized spacial score (nSPS) is 11.6. The maximum absolute atomic E-state index is 12.4. The molecule has 0 aliphatic rings. The van der Waals surface area contributed by atoms with Crippen LogP contribution in [0.1, 0.15) is 30.9 Å². The minimum absolute atomic E-state index is 0.0202. The highest BCUT2D eigenvalue weighted by atomic mass is 32.2. The minimum atomic E-state index is -3.46. The number of aryl methyl sites for hydroxylation is 3. The van der Waals surface area contributed by atoms with Crippen molar-refractivity contribution in [3.8, 4) is 0 Å². The van der Waals surface area contributed by atoms with Crippen LogP contribution in [0.25, 0.3) is 10.2 Å². The molecule has 3 aromatic rings. The topological polar surface area (TPSA) is 88.5 Å². The van der Waals surface area contributed by atoms with E-state index in [9.17, 15) is 18.0 Å². The highest BCUT2D eigenvalue weighted by Crippen LogP contribution is 2.23. The summed E-state index contributed by atoms with van der Waals surface area (Å²) in [5, 5.41) is 2.84. The van der Waals surface area contributed by atoms with Gasteiger partial charge in [0, 0.05) is 25.2 Å². The number of sulfonamides is 1. The Bertz CT molecular complexity index is 1280. The van der Waals surface area contributed by atoms with E-state index in [1.807, 2.05) is 39.0 Å². The maximum Gasteiger partial charge on any atom is 0.308 e. The number of rotatable bonds is 8. The van der Waals surface area contributed by atoms with Gasteiger partial charge < -0.3 is 5.32 Å². The number of amides is 1. The molecule has 1 aromatic heterocycles. The van der Waals surface area contributed by atoms with Crippen LogP contribution in [0.15, 0.2) is 41.2 Å². The third-order valence-corrected chi connectivity index (χ3v) is 7.35. The summed E-state index contributed by atoms with van der Waals surface area (Å²) in [5.74, 6) is -0.199. The van der Waals surface area contributed by atoms with E-state index in [-0.39, 0.29) is 23.7 Å². The molecular formula is C22H27N3O4S2. The Labute approximate surface area is 186 Å². The van der Waals surface area contributed by atoms with Crippen LogP contribution in [0.5, 0.6) is 0 Å². The molecule has 0 radical (unpaired) electrons. The number of hydrogen-bond acceptors (Lipinski definition) is 5. The standard InChI is InChI=1S/C22H27N3O4S2/c1-5-24-19-11-9-17(14-20(19)30-22(24)27)23-21(26)7-6-12-25(31(4,28)29)18-10-8-15(2)16(3)13-18/h8-11,13-14H,5-7,12H2,1-4H3,(H,23,26). The van der Waals surface area contributed by atoms with Gasteiger partial charge in [0.15, 0.2) is 0 Å². The Hall–Kier alpha value is -2.65. The Balaban J connectivity index is 1.64. The van der Waals surface area contributed by atoms with Crippen LogP contribution >= 0.6 is 11.3 Å². The van der Waals surface area contributed by atoms with Gasteiger partial charge in [0.1, 0.15) is 0 Å². The minimum Gasteiger partial charge on any atom is -0.326 e. The van der Waals surface area contributed by atoms with Crippen molar-refractivity contribution in [2.45, 2.75) is 40.2 Å². The second-order valence-corrected chi connectivity index (χ2v) is 10.5. The van der Waals surface area contributed by atoms with Crippen molar-refractivity contribution in [3.05, 3.63) is 57.2 Å². The van der Waals surface area contributed by atoms with Crippen LogP contribution in [-0.2, 0) is 21.4 Å². The van der Waals surface area contributed by atoms with E-state index in [2.05, 4.69) is 5.32 Å². The van der Waals surface area contributed by atoms with Gasteiger partial charge in [0.25, 0.3) is 0 Å². The molecular weight excluding hydrogens is 434 g/mol. The molecule has 166 valence electrons. The van der Waals surface area contributed by atoms with Crippen molar-refractivity contribution < 1.29 is 13.2 Å². The number of hydrogen-bond donors (Lipinski definition) is 1. The van der Waals surface area contributed by atoms with E-state index in [4.69, 9.17) is 0 Å². The second-order valence-electron chi connectivity index (χ2n) is 7.55. The molecule has 31 heavy (non-hydrogen) atoms. The van der Waals surface area contributed by atoms with Crippen molar-refractivity contribution in [2.24, 2.45) is 0 Å². The molecule has 7 nitrogen and oxygen atoms in total. The number of fused-ring (bicyclic) bond motifs is 1. The van der Waals surface area contributed by atoms with Crippen LogP contribution in [0.3, 0.4) is 0 Å². The molecule has 0 unspecified atom stereocenters. The predicted molar refractivity (Wildman–Crippen MR) is 128 cm³/mol. The Kier molecular flexibility index (Phi) is 6.86. The number of carbonyl (C=O) groups excluding carboxylic acids is 1. The number of carbonyl (C=O) groups is 1. The summed E-state index contributed by atoms with van der Waals surface area (Å²) in [6, 6.07) is 10.9. The average molecular weight is 462 g/mol. The fraction of sp³-hybridized carbons (Fsp3) is 0.364. The summed E-state index contributed by atoms with van der Waals surface area (Å²) in [5.41, 5.74) is 4.18. The molecule has 0 spiro atoms. The van der Waals surface area contributed by atoms with Gasteiger partial charge in [-0.1, -0.05) is 17.4 Å². The molecule has 3 rings (SSSR count). The first-order valence-electron chi connectivity index (χ1n) is 10.1. The second kappa shape index (κ2) is 9.23. The number of anilines is 2. The van der Waals surface area contributed by atoms with Gasteiger partial charge in [-0.15, -0.1) is 0 Å². The molecule has 1 N–H and O–H groups in total. The zero-order chi connectivity index (χ0) is 22.8. The lowest BCUT2D eigenvalue weighted by molar-refractivity contribution is -0.116. The summed E-state index contributed by atoms with van der Waals surface area (Å²) >= 11 is 1.15. The molecule has 1 heterocycles. The summed E-state index contributed by atoms with van der Waals surface area (Å²) in [6.45, 7) is 6.65. The van der Waals surface area contributed by atoms with Gasteiger partial charge in [-0.3, -0.25) is 18.5 Å². The van der Waals surface area contributed by atoms with Crippen molar-refractivity contribution in [2.75, 3.05) is 22.4 Å². The van der Waals surface area contributed by atoms with Crippen LogP contribution in [0.2, 0.25) is 0 Å². The summed E-state index contributed by atoms with van der Waals surface area (Å²) < 4.78 is 28.4. The summed E-state index contributed by atoms with van der Waals surface area (Å²) in [7, 11) is -3.46. The summed E-state index contributed by atoms with van der Waals surface area (Å²) in [4.78, 5) is 24.4. The van der Waals surface area contributed by atoms with Crippen LogP contribution in [0.4, 0.5) is 11.4 Å². The third-order valence-electron chi connectivity index (χ3n) is 5.21. The molecule has 0 atom stereocenters. The van der Waals surface area contributed by atoms with E-state index in [0.29, 0.717) is 24.3 Å². The first-order valence-corrected chi connectivity index (χ1v) is 12.7. The first-order chi connectivity index (χ1) is 14.6.